The summed E-state index contributed by atoms with van der Waals surface area (Å²) in [5.41, 5.74) is 1.06. The van der Waals surface area contributed by atoms with E-state index in [9.17, 15) is 9.59 Å². The average molecular weight is 392 g/mol. The molecule has 2 aromatic carbocycles. The van der Waals surface area contributed by atoms with E-state index >= 15 is 0 Å². The lowest BCUT2D eigenvalue weighted by atomic mass is 9.59. The van der Waals surface area contributed by atoms with Gasteiger partial charge in [-0.1, -0.05) is 50.2 Å². The number of hydrogen-bond acceptors (Lipinski definition) is 4. The van der Waals surface area contributed by atoms with Crippen LogP contribution in [0.25, 0.3) is 0 Å². The van der Waals surface area contributed by atoms with Crippen molar-refractivity contribution in [3.63, 3.8) is 0 Å². The molecule has 2 aromatic rings. The largest absolute Gasteiger partial charge is 0.455 e. The summed E-state index contributed by atoms with van der Waals surface area (Å²) in [6.07, 6.45) is 2.27. The molecule has 5 rings (SSSR count). The topological polar surface area (TPSA) is 52.6 Å². The van der Waals surface area contributed by atoms with E-state index in [0.29, 0.717) is 23.0 Å². The molecular weight excluding hydrogens is 364 g/mol. The van der Waals surface area contributed by atoms with Crippen molar-refractivity contribution >= 4 is 11.9 Å². The molecule has 5 atom stereocenters. The first-order valence-electron chi connectivity index (χ1n) is 10.6. The Bertz CT molecular complexity index is 846. The van der Waals surface area contributed by atoms with Crippen molar-refractivity contribution in [2.24, 2.45) is 23.7 Å². The van der Waals surface area contributed by atoms with Crippen LogP contribution in [0.5, 0.6) is 0 Å². The Morgan fingerprint density at radius 1 is 0.793 bits per heavy atom. The quantitative estimate of drug-likeness (QED) is 0.661. The van der Waals surface area contributed by atoms with Crippen molar-refractivity contribution in [2.75, 3.05) is 0 Å². The van der Waals surface area contributed by atoms with Gasteiger partial charge in [0.15, 0.2) is 0 Å². The molecule has 3 saturated carbocycles. The summed E-state index contributed by atoms with van der Waals surface area (Å²) >= 11 is 0. The smallest absolute Gasteiger partial charge is 0.338 e. The van der Waals surface area contributed by atoms with Crippen LogP contribution in [0.15, 0.2) is 60.7 Å². The van der Waals surface area contributed by atoms with Crippen LogP contribution in [0.3, 0.4) is 0 Å². The number of fused-ring (bicyclic) bond motifs is 3. The van der Waals surface area contributed by atoms with E-state index in [2.05, 4.69) is 13.8 Å². The number of carbonyl (C=O) groups is 2. The highest BCUT2D eigenvalue weighted by Crippen LogP contribution is 2.50. The van der Waals surface area contributed by atoms with Crippen LogP contribution in [0.4, 0.5) is 0 Å². The Balaban J connectivity index is 1.58. The first-order valence-corrected chi connectivity index (χ1v) is 10.6. The Labute approximate surface area is 172 Å². The lowest BCUT2D eigenvalue weighted by Gasteiger charge is -2.52. The van der Waals surface area contributed by atoms with E-state index in [-0.39, 0.29) is 29.9 Å². The van der Waals surface area contributed by atoms with Crippen LogP contribution in [0.2, 0.25) is 0 Å². The first-order chi connectivity index (χ1) is 14.0. The molecule has 0 spiro atoms. The molecule has 0 N–H and O–H groups in total. The summed E-state index contributed by atoms with van der Waals surface area (Å²) in [7, 11) is 0. The van der Waals surface area contributed by atoms with E-state index in [4.69, 9.17) is 9.47 Å². The second-order valence-electron chi connectivity index (χ2n) is 8.62. The fraction of sp³-hybridized carbons (Fsp3) is 0.440. The van der Waals surface area contributed by atoms with Crippen molar-refractivity contribution in [2.45, 2.75) is 45.3 Å². The van der Waals surface area contributed by atoms with Crippen molar-refractivity contribution in [1.29, 1.82) is 0 Å². The van der Waals surface area contributed by atoms with Gasteiger partial charge in [0.1, 0.15) is 12.2 Å². The fourth-order valence-electron chi connectivity index (χ4n) is 5.10. The number of rotatable bonds is 5. The first kappa shape index (κ1) is 19.7. The SMILES string of the molecule is CC(C)C1CC2CCC1C(OC(=O)c1ccccc1)C2OC(=O)c1ccccc1. The van der Waals surface area contributed by atoms with Gasteiger partial charge in [-0.25, -0.2) is 9.59 Å². The minimum Gasteiger partial charge on any atom is -0.455 e. The minimum absolute atomic E-state index is 0.223. The Hall–Kier alpha value is -2.62. The Morgan fingerprint density at radius 2 is 1.31 bits per heavy atom. The molecule has 5 unspecified atom stereocenters. The zero-order valence-corrected chi connectivity index (χ0v) is 17.0. The average Bonchev–Trinajstić information content (AvgIpc) is 2.76. The molecule has 152 valence electrons. The number of esters is 2. The van der Waals surface area contributed by atoms with Gasteiger partial charge in [-0.2, -0.15) is 0 Å². The van der Waals surface area contributed by atoms with Crippen LogP contribution in [-0.4, -0.2) is 24.1 Å². The van der Waals surface area contributed by atoms with Crippen molar-refractivity contribution < 1.29 is 19.1 Å². The van der Waals surface area contributed by atoms with E-state index < -0.39 is 6.10 Å². The van der Waals surface area contributed by atoms with Crippen molar-refractivity contribution in [3.05, 3.63) is 71.8 Å². The maximum absolute atomic E-state index is 12.8. The highest BCUT2D eigenvalue weighted by atomic mass is 16.6. The standard InChI is InChI=1S/C25H28O4/c1-16(2)21-15-19-13-14-20(21)23(29-25(27)18-11-7-4-8-12-18)22(19)28-24(26)17-9-5-3-6-10-17/h3-12,16,19-23H,13-15H2,1-2H3. The summed E-state index contributed by atoms with van der Waals surface area (Å²) < 4.78 is 12.0. The third-order valence-corrected chi connectivity index (χ3v) is 6.57. The van der Waals surface area contributed by atoms with Crippen LogP contribution in [0, 0.1) is 23.7 Å². The zero-order chi connectivity index (χ0) is 20.4. The molecule has 4 nitrogen and oxygen atoms in total. The molecule has 0 radical (unpaired) electrons. The normalized spacial score (nSPS) is 28.2. The molecular formula is C25H28O4. The third kappa shape index (κ3) is 4.07. The van der Waals surface area contributed by atoms with Gasteiger partial charge in [0.05, 0.1) is 11.1 Å². The molecule has 0 aliphatic heterocycles. The predicted molar refractivity (Wildman–Crippen MR) is 110 cm³/mol. The van der Waals surface area contributed by atoms with Gasteiger partial charge in [-0.05, 0) is 61.3 Å². The molecule has 29 heavy (non-hydrogen) atoms. The number of hydrogen-bond donors (Lipinski definition) is 0. The lowest BCUT2D eigenvalue weighted by molar-refractivity contribution is -0.148. The van der Waals surface area contributed by atoms with E-state index in [0.717, 1.165) is 19.3 Å². The Morgan fingerprint density at radius 3 is 1.83 bits per heavy atom. The molecule has 3 aliphatic rings. The third-order valence-electron chi connectivity index (χ3n) is 6.57. The van der Waals surface area contributed by atoms with E-state index in [1.165, 1.54) is 0 Å². The maximum atomic E-state index is 12.8. The summed E-state index contributed by atoms with van der Waals surface area (Å²) in [4.78, 5) is 25.5. The maximum Gasteiger partial charge on any atom is 0.338 e. The highest BCUT2D eigenvalue weighted by Gasteiger charge is 2.53. The zero-order valence-electron chi connectivity index (χ0n) is 17.0. The fourth-order valence-corrected chi connectivity index (χ4v) is 5.10. The molecule has 0 aromatic heterocycles. The number of benzene rings is 2. The second-order valence-corrected chi connectivity index (χ2v) is 8.62. The van der Waals surface area contributed by atoms with Gasteiger partial charge < -0.3 is 9.47 Å². The minimum atomic E-state index is -0.393. The summed E-state index contributed by atoms with van der Waals surface area (Å²) in [6.45, 7) is 4.46. The van der Waals surface area contributed by atoms with Crippen LogP contribution >= 0.6 is 0 Å². The van der Waals surface area contributed by atoms with Gasteiger partial charge in [-0.3, -0.25) is 0 Å². The van der Waals surface area contributed by atoms with E-state index in [1.807, 2.05) is 36.4 Å². The molecule has 3 fully saturated rings. The van der Waals surface area contributed by atoms with Gasteiger partial charge in [-0.15, -0.1) is 0 Å². The number of ether oxygens (including phenoxy) is 2. The van der Waals surface area contributed by atoms with E-state index in [1.54, 1.807) is 24.3 Å². The molecule has 4 heteroatoms. The predicted octanol–water partition coefficient (Wildman–Crippen LogP) is 5.14. The van der Waals surface area contributed by atoms with Crippen molar-refractivity contribution in [3.8, 4) is 0 Å². The van der Waals surface area contributed by atoms with Crippen LogP contribution < -0.4 is 0 Å². The molecule has 0 saturated heterocycles. The molecule has 2 bridgehead atoms. The second kappa shape index (κ2) is 8.40. The molecule has 0 amide bonds. The molecule has 3 aliphatic carbocycles. The molecule has 0 heterocycles. The van der Waals surface area contributed by atoms with Crippen LogP contribution in [-0.2, 0) is 9.47 Å². The summed E-state index contributed by atoms with van der Waals surface area (Å²) in [6, 6.07) is 18.1. The number of carbonyl (C=O) groups excluding carboxylic acids is 2. The van der Waals surface area contributed by atoms with Crippen molar-refractivity contribution in [1.82, 2.24) is 0 Å². The summed E-state index contributed by atoms with van der Waals surface area (Å²) in [5.74, 6) is 0.756. The Kier molecular flexibility index (Phi) is 5.70. The highest BCUT2D eigenvalue weighted by molar-refractivity contribution is 5.90. The van der Waals surface area contributed by atoms with Gasteiger partial charge in [0.25, 0.3) is 0 Å². The van der Waals surface area contributed by atoms with Gasteiger partial charge in [0, 0.05) is 5.92 Å². The monoisotopic (exact) mass is 392 g/mol. The lowest BCUT2D eigenvalue weighted by Crippen LogP contribution is -2.56. The summed E-state index contributed by atoms with van der Waals surface area (Å²) in [5, 5.41) is 0. The van der Waals surface area contributed by atoms with Gasteiger partial charge >= 0.3 is 11.9 Å². The van der Waals surface area contributed by atoms with Crippen LogP contribution in [0.1, 0.15) is 53.8 Å². The van der Waals surface area contributed by atoms with Gasteiger partial charge in [0.2, 0.25) is 0 Å².